The third kappa shape index (κ3) is 4.06. The zero-order valence-corrected chi connectivity index (χ0v) is 9.96. The van der Waals surface area contributed by atoms with E-state index in [1.165, 1.54) is 0 Å². The Balaban J connectivity index is 2.40. The van der Waals surface area contributed by atoms with E-state index in [-0.39, 0.29) is 6.61 Å². The highest BCUT2D eigenvalue weighted by molar-refractivity contribution is 7.99. The molecule has 0 bridgehead atoms. The fraction of sp³-hybridized carbons (Fsp3) is 0.333. The molecular formula is C12H14O3S. The van der Waals surface area contributed by atoms with Gasteiger partial charge in [-0.05, 0) is 5.75 Å². The van der Waals surface area contributed by atoms with Crippen molar-refractivity contribution in [1.29, 1.82) is 0 Å². The fourth-order valence-corrected chi connectivity index (χ4v) is 1.60. The maximum absolute atomic E-state index is 11.5. The molecule has 1 aromatic rings. The molecule has 0 saturated carbocycles. The molecule has 0 N–H and O–H groups in total. The second kappa shape index (κ2) is 7.06. The summed E-state index contributed by atoms with van der Waals surface area (Å²) in [4.78, 5) is 22.9. The zero-order chi connectivity index (χ0) is 11.8. The Kier molecular flexibility index (Phi) is 5.64. The van der Waals surface area contributed by atoms with E-state index < -0.39 is 11.8 Å². The average molecular weight is 238 g/mol. The van der Waals surface area contributed by atoms with Crippen LogP contribution >= 0.6 is 11.8 Å². The molecule has 1 rings (SSSR count). The van der Waals surface area contributed by atoms with E-state index in [4.69, 9.17) is 4.74 Å². The van der Waals surface area contributed by atoms with Gasteiger partial charge in [-0.1, -0.05) is 37.3 Å². The lowest BCUT2D eigenvalue weighted by Gasteiger charge is -2.03. The van der Waals surface area contributed by atoms with Crippen molar-refractivity contribution >= 4 is 23.5 Å². The summed E-state index contributed by atoms with van der Waals surface area (Å²) in [5.74, 6) is 0.346. The number of hydrogen-bond acceptors (Lipinski definition) is 4. The number of ketones is 1. The molecule has 0 aromatic heterocycles. The maximum Gasteiger partial charge on any atom is 0.379 e. The third-order valence-electron chi connectivity index (χ3n) is 1.89. The van der Waals surface area contributed by atoms with E-state index >= 15 is 0 Å². The van der Waals surface area contributed by atoms with Crippen molar-refractivity contribution in [2.75, 3.05) is 18.1 Å². The molecule has 0 aliphatic heterocycles. The molecule has 0 radical (unpaired) electrons. The zero-order valence-electron chi connectivity index (χ0n) is 9.14. The lowest BCUT2D eigenvalue weighted by atomic mass is 10.1. The predicted molar refractivity (Wildman–Crippen MR) is 64.7 cm³/mol. The van der Waals surface area contributed by atoms with Gasteiger partial charge in [0.05, 0.1) is 0 Å². The Morgan fingerprint density at radius 3 is 2.56 bits per heavy atom. The van der Waals surface area contributed by atoms with Gasteiger partial charge in [-0.15, -0.1) is 0 Å². The number of esters is 1. The molecule has 0 spiro atoms. The van der Waals surface area contributed by atoms with Gasteiger partial charge in [0.1, 0.15) is 6.61 Å². The van der Waals surface area contributed by atoms with Gasteiger partial charge in [0, 0.05) is 11.3 Å². The van der Waals surface area contributed by atoms with Gasteiger partial charge in [-0.25, -0.2) is 4.79 Å². The molecule has 0 aliphatic carbocycles. The van der Waals surface area contributed by atoms with Crippen LogP contribution in [0.1, 0.15) is 17.3 Å². The standard InChI is InChI=1S/C12H14O3S/c1-2-16-9-8-15-12(14)11(13)10-6-4-3-5-7-10/h3-7H,2,8-9H2,1H3. The largest absolute Gasteiger partial charge is 0.459 e. The van der Waals surface area contributed by atoms with E-state index in [0.717, 1.165) is 11.5 Å². The number of ether oxygens (including phenoxy) is 1. The quantitative estimate of drug-likeness (QED) is 0.330. The van der Waals surface area contributed by atoms with Crippen LogP contribution in [0, 0.1) is 0 Å². The summed E-state index contributed by atoms with van der Waals surface area (Å²) in [5, 5.41) is 0. The Bertz CT molecular complexity index is 349. The molecule has 0 unspecified atom stereocenters. The highest BCUT2D eigenvalue weighted by atomic mass is 32.2. The summed E-state index contributed by atoms with van der Waals surface area (Å²) >= 11 is 1.67. The van der Waals surface area contributed by atoms with E-state index in [1.54, 1.807) is 42.1 Å². The molecule has 0 atom stereocenters. The Hall–Kier alpha value is -1.29. The van der Waals surface area contributed by atoms with Crippen molar-refractivity contribution in [2.24, 2.45) is 0 Å². The number of carbonyl (C=O) groups is 2. The minimum Gasteiger partial charge on any atom is -0.459 e. The van der Waals surface area contributed by atoms with Crippen molar-refractivity contribution in [3.8, 4) is 0 Å². The van der Waals surface area contributed by atoms with Crippen LogP contribution in [0.2, 0.25) is 0 Å². The molecule has 86 valence electrons. The number of hydrogen-bond donors (Lipinski definition) is 0. The van der Waals surface area contributed by atoms with Crippen LogP contribution in [0.4, 0.5) is 0 Å². The summed E-state index contributed by atoms with van der Waals surface area (Å²) < 4.78 is 4.85. The second-order valence-corrected chi connectivity index (χ2v) is 4.42. The molecule has 4 heteroatoms. The minimum absolute atomic E-state index is 0.288. The van der Waals surface area contributed by atoms with E-state index in [9.17, 15) is 9.59 Å². The number of benzene rings is 1. The molecule has 0 amide bonds. The normalized spacial score (nSPS) is 9.81. The monoisotopic (exact) mass is 238 g/mol. The Labute approximate surface area is 99.2 Å². The fourth-order valence-electron chi connectivity index (χ4n) is 1.11. The minimum atomic E-state index is -0.775. The van der Waals surface area contributed by atoms with Crippen molar-refractivity contribution in [3.63, 3.8) is 0 Å². The number of Topliss-reactive ketones (excluding diaryl/α,β-unsaturated/α-hetero) is 1. The second-order valence-electron chi connectivity index (χ2n) is 3.03. The number of carbonyl (C=O) groups excluding carboxylic acids is 2. The Morgan fingerprint density at radius 1 is 1.25 bits per heavy atom. The van der Waals surface area contributed by atoms with Crippen LogP contribution in [-0.2, 0) is 9.53 Å². The first kappa shape index (κ1) is 12.8. The van der Waals surface area contributed by atoms with Crippen LogP contribution in [-0.4, -0.2) is 29.9 Å². The average Bonchev–Trinajstić information content (AvgIpc) is 2.34. The van der Waals surface area contributed by atoms with Crippen molar-refractivity contribution in [1.82, 2.24) is 0 Å². The van der Waals surface area contributed by atoms with Gasteiger partial charge in [-0.2, -0.15) is 11.8 Å². The first-order valence-corrected chi connectivity index (χ1v) is 6.25. The van der Waals surface area contributed by atoms with Gasteiger partial charge in [0.2, 0.25) is 0 Å². The van der Waals surface area contributed by atoms with Crippen molar-refractivity contribution in [2.45, 2.75) is 6.92 Å². The first-order valence-electron chi connectivity index (χ1n) is 5.10. The summed E-state index contributed by atoms with van der Waals surface area (Å²) in [5.41, 5.74) is 0.371. The number of rotatable bonds is 6. The van der Waals surface area contributed by atoms with Crippen LogP contribution in [0.25, 0.3) is 0 Å². The molecule has 1 aromatic carbocycles. The molecule has 16 heavy (non-hydrogen) atoms. The first-order chi connectivity index (χ1) is 7.75. The SMILES string of the molecule is CCSCCOC(=O)C(=O)c1ccccc1. The maximum atomic E-state index is 11.5. The van der Waals surface area contributed by atoms with E-state index in [2.05, 4.69) is 0 Å². The van der Waals surface area contributed by atoms with E-state index in [1.807, 2.05) is 6.92 Å². The van der Waals surface area contributed by atoms with Crippen molar-refractivity contribution in [3.05, 3.63) is 35.9 Å². The summed E-state index contributed by atoms with van der Waals surface area (Å²) in [7, 11) is 0. The highest BCUT2D eigenvalue weighted by Gasteiger charge is 2.16. The summed E-state index contributed by atoms with van der Waals surface area (Å²) in [6, 6.07) is 8.43. The van der Waals surface area contributed by atoms with Crippen LogP contribution in [0.3, 0.4) is 0 Å². The lowest BCUT2D eigenvalue weighted by Crippen LogP contribution is -2.18. The lowest BCUT2D eigenvalue weighted by molar-refractivity contribution is -0.137. The topological polar surface area (TPSA) is 43.4 Å². The van der Waals surface area contributed by atoms with Gasteiger partial charge in [-0.3, -0.25) is 4.79 Å². The van der Waals surface area contributed by atoms with Crippen LogP contribution in [0.15, 0.2) is 30.3 Å². The van der Waals surface area contributed by atoms with Gasteiger partial charge < -0.3 is 4.74 Å². The summed E-state index contributed by atoms with van der Waals surface area (Å²) in [6.45, 7) is 2.32. The van der Waals surface area contributed by atoms with Gasteiger partial charge in [0.25, 0.3) is 5.78 Å². The number of thioether (sulfide) groups is 1. The molecule has 0 aliphatic rings. The predicted octanol–water partition coefficient (Wildman–Crippen LogP) is 2.17. The van der Waals surface area contributed by atoms with Gasteiger partial charge >= 0.3 is 5.97 Å². The molecular weight excluding hydrogens is 224 g/mol. The smallest absolute Gasteiger partial charge is 0.379 e. The third-order valence-corrected chi connectivity index (χ3v) is 2.75. The van der Waals surface area contributed by atoms with Crippen LogP contribution < -0.4 is 0 Å². The summed E-state index contributed by atoms with van der Waals surface area (Å²) in [6.07, 6.45) is 0. The van der Waals surface area contributed by atoms with E-state index in [0.29, 0.717) is 5.56 Å². The molecule has 0 heterocycles. The Morgan fingerprint density at radius 2 is 1.94 bits per heavy atom. The van der Waals surface area contributed by atoms with Crippen molar-refractivity contribution < 1.29 is 14.3 Å². The highest BCUT2D eigenvalue weighted by Crippen LogP contribution is 2.02. The molecule has 3 nitrogen and oxygen atoms in total. The van der Waals surface area contributed by atoms with Gasteiger partial charge in [0.15, 0.2) is 0 Å². The molecule has 0 saturated heterocycles. The molecule has 0 fully saturated rings. The van der Waals surface area contributed by atoms with Crippen LogP contribution in [0.5, 0.6) is 0 Å².